The zero-order valence-electron chi connectivity index (χ0n) is 8.86. The number of benzene rings is 1. The molecule has 1 aromatic carbocycles. The van der Waals surface area contributed by atoms with Crippen LogP contribution in [0.25, 0.3) is 0 Å². The van der Waals surface area contributed by atoms with Crippen LogP contribution in [0.2, 0.25) is 0 Å². The van der Waals surface area contributed by atoms with Gasteiger partial charge in [-0.1, -0.05) is 12.1 Å². The first-order valence-corrected chi connectivity index (χ1v) is 4.61. The predicted molar refractivity (Wildman–Crippen MR) is 56.8 cm³/mol. The fraction of sp³-hybridized carbons (Fsp3) is 0.364. The molecule has 3 N–H and O–H groups in total. The monoisotopic (exact) mass is 209 g/mol. The minimum atomic E-state index is -0.907. The maximum atomic E-state index is 10.6. The van der Waals surface area contributed by atoms with Gasteiger partial charge >= 0.3 is 5.97 Å². The first kappa shape index (κ1) is 11.5. The van der Waals surface area contributed by atoms with Gasteiger partial charge in [-0.25, -0.2) is 0 Å². The van der Waals surface area contributed by atoms with E-state index < -0.39 is 11.5 Å². The highest BCUT2D eigenvalue weighted by molar-refractivity contribution is 5.68. The molecular formula is C11H15NO3. The zero-order chi connectivity index (χ0) is 11.5. The van der Waals surface area contributed by atoms with Crippen molar-refractivity contribution in [1.82, 2.24) is 0 Å². The number of hydrogen-bond acceptors (Lipinski definition) is 3. The average Bonchev–Trinajstić information content (AvgIpc) is 2.16. The Kier molecular flexibility index (Phi) is 3.31. The van der Waals surface area contributed by atoms with E-state index in [2.05, 4.69) is 0 Å². The molecule has 0 saturated heterocycles. The molecule has 0 aliphatic rings. The normalized spacial score (nSPS) is 14.3. The highest BCUT2D eigenvalue weighted by Crippen LogP contribution is 2.23. The van der Waals surface area contributed by atoms with Gasteiger partial charge in [0.25, 0.3) is 0 Å². The van der Waals surface area contributed by atoms with Gasteiger partial charge in [-0.05, 0) is 24.6 Å². The number of rotatable bonds is 4. The molecule has 82 valence electrons. The first-order valence-electron chi connectivity index (χ1n) is 4.61. The number of nitrogens with two attached hydrogens (primary N) is 1. The number of carboxylic acid groups (broad SMARTS) is 1. The van der Waals surface area contributed by atoms with Crippen molar-refractivity contribution >= 4 is 5.97 Å². The lowest BCUT2D eigenvalue weighted by molar-refractivity contribution is -0.138. The van der Waals surface area contributed by atoms with E-state index in [0.717, 1.165) is 11.3 Å². The Bertz CT molecular complexity index is 343. The summed E-state index contributed by atoms with van der Waals surface area (Å²) in [6.45, 7) is 1.70. The third kappa shape index (κ3) is 2.95. The summed E-state index contributed by atoms with van der Waals surface area (Å²) in [5.41, 5.74) is 5.84. The highest BCUT2D eigenvalue weighted by atomic mass is 16.5. The summed E-state index contributed by atoms with van der Waals surface area (Å²) in [4.78, 5) is 10.6. The van der Waals surface area contributed by atoms with Gasteiger partial charge in [0.15, 0.2) is 0 Å². The molecule has 0 spiro atoms. The molecule has 0 bridgehead atoms. The van der Waals surface area contributed by atoms with Crippen molar-refractivity contribution in [2.75, 3.05) is 7.11 Å². The molecule has 0 fully saturated rings. The maximum absolute atomic E-state index is 10.6. The summed E-state index contributed by atoms with van der Waals surface area (Å²) in [5, 5.41) is 8.71. The molecule has 4 heteroatoms. The molecule has 4 nitrogen and oxygen atoms in total. The number of aliphatic carboxylic acids is 1. The van der Waals surface area contributed by atoms with Crippen molar-refractivity contribution in [3.8, 4) is 5.75 Å². The van der Waals surface area contributed by atoms with E-state index in [1.54, 1.807) is 38.3 Å². The van der Waals surface area contributed by atoms with E-state index in [0.29, 0.717) is 0 Å². The van der Waals surface area contributed by atoms with Crippen LogP contribution < -0.4 is 10.5 Å². The predicted octanol–water partition coefficient (Wildman–Crippen LogP) is 1.34. The summed E-state index contributed by atoms with van der Waals surface area (Å²) in [5.74, 6) is -0.180. The first-order chi connectivity index (χ1) is 6.95. The molecule has 0 heterocycles. The lowest BCUT2D eigenvalue weighted by Crippen LogP contribution is -2.35. The van der Waals surface area contributed by atoms with Gasteiger partial charge in [-0.3, -0.25) is 4.79 Å². The van der Waals surface area contributed by atoms with Crippen LogP contribution in [0, 0.1) is 0 Å². The molecule has 0 saturated carbocycles. The quantitative estimate of drug-likeness (QED) is 0.785. The van der Waals surface area contributed by atoms with E-state index in [1.165, 1.54) is 0 Å². The molecule has 0 aromatic heterocycles. The smallest absolute Gasteiger partial charge is 0.305 e. The summed E-state index contributed by atoms with van der Waals surface area (Å²) in [6.07, 6.45) is -0.0979. The van der Waals surface area contributed by atoms with Crippen molar-refractivity contribution in [2.24, 2.45) is 5.73 Å². The van der Waals surface area contributed by atoms with E-state index in [1.807, 2.05) is 0 Å². The van der Waals surface area contributed by atoms with Crippen LogP contribution >= 0.6 is 0 Å². The maximum Gasteiger partial charge on any atom is 0.305 e. The zero-order valence-corrected chi connectivity index (χ0v) is 8.86. The van der Waals surface area contributed by atoms with E-state index in [4.69, 9.17) is 15.6 Å². The molecule has 0 amide bonds. The molecule has 0 aliphatic heterocycles. The summed E-state index contributed by atoms with van der Waals surface area (Å²) < 4.78 is 5.01. The number of carbonyl (C=O) groups is 1. The molecule has 0 unspecified atom stereocenters. The van der Waals surface area contributed by atoms with E-state index >= 15 is 0 Å². The Morgan fingerprint density at radius 3 is 2.40 bits per heavy atom. The lowest BCUT2D eigenvalue weighted by atomic mass is 9.90. The van der Waals surface area contributed by atoms with Crippen LogP contribution in [0.15, 0.2) is 24.3 Å². The number of hydrogen-bond donors (Lipinski definition) is 2. The second-order valence-corrected chi connectivity index (χ2v) is 3.72. The van der Waals surface area contributed by atoms with Crippen molar-refractivity contribution in [2.45, 2.75) is 18.9 Å². The Balaban J connectivity index is 2.89. The van der Waals surface area contributed by atoms with Crippen molar-refractivity contribution in [1.29, 1.82) is 0 Å². The molecule has 0 aliphatic carbocycles. The standard InChI is InChI=1S/C11H15NO3/c1-11(12,7-10(13)14)8-3-5-9(15-2)6-4-8/h3-6H,7,12H2,1-2H3,(H,13,14)/t11-/m1/s1. The topological polar surface area (TPSA) is 72.5 Å². The second-order valence-electron chi connectivity index (χ2n) is 3.72. The van der Waals surface area contributed by atoms with Crippen LogP contribution in [-0.2, 0) is 10.3 Å². The lowest BCUT2D eigenvalue weighted by Gasteiger charge is -2.23. The molecular weight excluding hydrogens is 194 g/mol. The van der Waals surface area contributed by atoms with Crippen LogP contribution in [0.3, 0.4) is 0 Å². The number of ether oxygens (including phenoxy) is 1. The van der Waals surface area contributed by atoms with Crippen LogP contribution in [-0.4, -0.2) is 18.2 Å². The largest absolute Gasteiger partial charge is 0.497 e. The van der Waals surface area contributed by atoms with E-state index in [-0.39, 0.29) is 6.42 Å². The third-order valence-electron chi connectivity index (χ3n) is 2.27. The Labute approximate surface area is 88.7 Å². The Hall–Kier alpha value is -1.55. The van der Waals surface area contributed by atoms with E-state index in [9.17, 15) is 4.79 Å². The number of methoxy groups -OCH3 is 1. The van der Waals surface area contributed by atoms with Crippen molar-refractivity contribution in [3.05, 3.63) is 29.8 Å². The Morgan fingerprint density at radius 1 is 1.47 bits per heavy atom. The SMILES string of the molecule is COc1ccc([C@](C)(N)CC(=O)O)cc1. The molecule has 1 rings (SSSR count). The Morgan fingerprint density at radius 2 is 2.00 bits per heavy atom. The highest BCUT2D eigenvalue weighted by Gasteiger charge is 2.24. The molecule has 1 atom stereocenters. The van der Waals surface area contributed by atoms with Gasteiger partial charge in [0.2, 0.25) is 0 Å². The summed E-state index contributed by atoms with van der Waals surface area (Å²) in [7, 11) is 1.58. The van der Waals surface area contributed by atoms with Crippen LogP contribution in [0.4, 0.5) is 0 Å². The average molecular weight is 209 g/mol. The molecule has 0 radical (unpaired) electrons. The molecule has 1 aromatic rings. The summed E-state index contributed by atoms with van der Waals surface area (Å²) in [6, 6.07) is 7.09. The third-order valence-corrected chi connectivity index (χ3v) is 2.27. The fourth-order valence-corrected chi connectivity index (χ4v) is 1.39. The minimum Gasteiger partial charge on any atom is -0.497 e. The van der Waals surface area contributed by atoms with Gasteiger partial charge in [-0.15, -0.1) is 0 Å². The van der Waals surface area contributed by atoms with Crippen LogP contribution in [0.1, 0.15) is 18.9 Å². The van der Waals surface area contributed by atoms with Crippen LogP contribution in [0.5, 0.6) is 5.75 Å². The minimum absolute atomic E-state index is 0.0979. The van der Waals surface area contributed by atoms with Crippen molar-refractivity contribution in [3.63, 3.8) is 0 Å². The number of carboxylic acids is 1. The van der Waals surface area contributed by atoms with Gasteiger partial charge in [0, 0.05) is 5.54 Å². The van der Waals surface area contributed by atoms with Gasteiger partial charge in [0.1, 0.15) is 5.75 Å². The van der Waals surface area contributed by atoms with Gasteiger partial charge in [0.05, 0.1) is 13.5 Å². The second kappa shape index (κ2) is 4.31. The fourth-order valence-electron chi connectivity index (χ4n) is 1.39. The van der Waals surface area contributed by atoms with Crippen molar-refractivity contribution < 1.29 is 14.6 Å². The van der Waals surface area contributed by atoms with Gasteiger partial charge in [-0.2, -0.15) is 0 Å². The summed E-state index contributed by atoms with van der Waals surface area (Å²) >= 11 is 0. The van der Waals surface area contributed by atoms with Gasteiger partial charge < -0.3 is 15.6 Å². The molecule has 15 heavy (non-hydrogen) atoms.